The number of esters is 1. The lowest BCUT2D eigenvalue weighted by Crippen LogP contribution is -2.45. The molecule has 0 saturated heterocycles. The van der Waals surface area contributed by atoms with Gasteiger partial charge in [0.05, 0.1) is 30.3 Å². The SMILES string of the molecule is COC[C@H](CC(=O)[C@H](COC)NC(=O)c1cnc(C)s1)C(=O)OCc1ccccc1. The maximum absolute atomic E-state index is 12.8. The standard InChI is InChI=1S/C21H26N2O6S/c1-14-22-10-19(30-14)20(25)23-17(13-28-3)18(24)9-16(12-27-2)21(26)29-11-15-7-5-4-6-8-15/h4-8,10,16-17H,9,11-13H2,1-3H3,(H,23,25)/t16-,17-/m0/s1. The van der Waals surface area contributed by atoms with Gasteiger partial charge >= 0.3 is 5.97 Å². The lowest BCUT2D eigenvalue weighted by atomic mass is 9.99. The Bertz CT molecular complexity index is 839. The summed E-state index contributed by atoms with van der Waals surface area (Å²) in [5.74, 6) is -2.07. The number of ether oxygens (including phenoxy) is 3. The fourth-order valence-electron chi connectivity index (χ4n) is 2.72. The van der Waals surface area contributed by atoms with Crippen LogP contribution in [0.25, 0.3) is 0 Å². The lowest BCUT2D eigenvalue weighted by Gasteiger charge is -2.20. The van der Waals surface area contributed by atoms with Gasteiger partial charge in [-0.2, -0.15) is 0 Å². The number of thiazole rings is 1. The lowest BCUT2D eigenvalue weighted by molar-refractivity contribution is -0.153. The maximum Gasteiger partial charge on any atom is 0.312 e. The van der Waals surface area contributed by atoms with Crippen LogP contribution in [-0.4, -0.2) is 56.1 Å². The minimum atomic E-state index is -0.897. The van der Waals surface area contributed by atoms with E-state index in [1.807, 2.05) is 30.3 Å². The zero-order chi connectivity index (χ0) is 21.9. The number of ketones is 1. The number of aromatic nitrogens is 1. The molecule has 0 bridgehead atoms. The molecule has 2 rings (SSSR count). The number of Topliss-reactive ketones (excluding diaryl/α,β-unsaturated/α-hetero) is 1. The molecule has 8 nitrogen and oxygen atoms in total. The summed E-state index contributed by atoms with van der Waals surface area (Å²) in [7, 11) is 2.88. The minimum absolute atomic E-state index is 0.0128. The first-order valence-corrected chi connectivity index (χ1v) is 10.2. The number of benzene rings is 1. The molecule has 0 aliphatic rings. The number of amides is 1. The van der Waals surface area contributed by atoms with Crippen molar-refractivity contribution in [2.24, 2.45) is 5.92 Å². The molecule has 0 aliphatic carbocycles. The van der Waals surface area contributed by atoms with E-state index < -0.39 is 23.8 Å². The molecule has 1 N–H and O–H groups in total. The van der Waals surface area contributed by atoms with Crippen LogP contribution in [-0.2, 0) is 30.4 Å². The Balaban J connectivity index is 1.98. The third-order valence-electron chi connectivity index (χ3n) is 4.25. The van der Waals surface area contributed by atoms with Gasteiger partial charge in [-0.15, -0.1) is 11.3 Å². The number of aryl methyl sites for hydroxylation is 1. The zero-order valence-electron chi connectivity index (χ0n) is 17.3. The zero-order valence-corrected chi connectivity index (χ0v) is 18.1. The number of hydrogen-bond donors (Lipinski definition) is 1. The van der Waals surface area contributed by atoms with Crippen LogP contribution in [0.1, 0.15) is 26.7 Å². The fourth-order valence-corrected chi connectivity index (χ4v) is 3.40. The summed E-state index contributed by atoms with van der Waals surface area (Å²) in [6.45, 7) is 1.91. The molecule has 1 aromatic carbocycles. The van der Waals surface area contributed by atoms with E-state index in [1.54, 1.807) is 6.92 Å². The number of carbonyl (C=O) groups excluding carboxylic acids is 3. The summed E-state index contributed by atoms with van der Waals surface area (Å²) in [6, 6.07) is 8.36. The van der Waals surface area contributed by atoms with Crippen molar-refractivity contribution >= 4 is 29.0 Å². The summed E-state index contributed by atoms with van der Waals surface area (Å²) in [5, 5.41) is 3.40. The Morgan fingerprint density at radius 2 is 1.80 bits per heavy atom. The second kappa shape index (κ2) is 12.2. The number of methoxy groups -OCH3 is 2. The number of nitrogens with one attached hydrogen (secondary N) is 1. The van der Waals surface area contributed by atoms with E-state index in [0.717, 1.165) is 10.6 Å². The van der Waals surface area contributed by atoms with Crippen molar-refractivity contribution in [3.05, 3.63) is 52.0 Å². The Labute approximate surface area is 179 Å². The number of hydrogen-bond acceptors (Lipinski definition) is 8. The third-order valence-corrected chi connectivity index (χ3v) is 5.16. The van der Waals surface area contributed by atoms with Crippen molar-refractivity contribution in [1.82, 2.24) is 10.3 Å². The summed E-state index contributed by atoms with van der Waals surface area (Å²) in [6.07, 6.45) is 1.32. The summed E-state index contributed by atoms with van der Waals surface area (Å²) in [4.78, 5) is 42.1. The van der Waals surface area contributed by atoms with Crippen LogP contribution >= 0.6 is 11.3 Å². The van der Waals surface area contributed by atoms with Crippen LogP contribution in [0.2, 0.25) is 0 Å². The molecule has 0 saturated carbocycles. The molecule has 0 spiro atoms. The molecule has 9 heteroatoms. The third kappa shape index (κ3) is 7.33. The van der Waals surface area contributed by atoms with E-state index in [1.165, 1.54) is 31.8 Å². The predicted molar refractivity (Wildman–Crippen MR) is 111 cm³/mol. The Morgan fingerprint density at radius 1 is 1.10 bits per heavy atom. The van der Waals surface area contributed by atoms with Crippen LogP contribution in [0.15, 0.2) is 36.5 Å². The molecule has 0 fully saturated rings. The molecule has 0 aliphatic heterocycles. The highest BCUT2D eigenvalue weighted by Gasteiger charge is 2.29. The average molecular weight is 435 g/mol. The first-order valence-electron chi connectivity index (χ1n) is 9.39. The highest BCUT2D eigenvalue weighted by molar-refractivity contribution is 7.13. The first-order chi connectivity index (χ1) is 14.4. The Hall–Kier alpha value is -2.62. The van der Waals surface area contributed by atoms with Crippen LogP contribution in [0.3, 0.4) is 0 Å². The highest BCUT2D eigenvalue weighted by Crippen LogP contribution is 2.14. The molecule has 1 aromatic heterocycles. The fraction of sp³-hybridized carbons (Fsp3) is 0.429. The average Bonchev–Trinajstić information content (AvgIpc) is 3.18. The van der Waals surface area contributed by atoms with Gasteiger partial charge in [-0.25, -0.2) is 4.98 Å². The smallest absolute Gasteiger partial charge is 0.312 e. The second-order valence-corrected chi connectivity index (χ2v) is 7.88. The van der Waals surface area contributed by atoms with E-state index in [-0.39, 0.29) is 32.0 Å². The second-order valence-electron chi connectivity index (χ2n) is 6.64. The van der Waals surface area contributed by atoms with Gasteiger partial charge in [-0.1, -0.05) is 30.3 Å². The maximum atomic E-state index is 12.8. The van der Waals surface area contributed by atoms with Gasteiger partial charge in [0.2, 0.25) is 0 Å². The predicted octanol–water partition coefficient (Wildman–Crippen LogP) is 2.16. The van der Waals surface area contributed by atoms with Crippen LogP contribution in [0, 0.1) is 12.8 Å². The number of rotatable bonds is 12. The van der Waals surface area contributed by atoms with Crippen molar-refractivity contribution in [3.63, 3.8) is 0 Å². The first kappa shape index (κ1) is 23.7. The molecule has 162 valence electrons. The number of nitrogens with zero attached hydrogens (tertiary/aromatic N) is 1. The van der Waals surface area contributed by atoms with E-state index in [2.05, 4.69) is 10.3 Å². The molecule has 2 atom stereocenters. The van der Waals surface area contributed by atoms with E-state index in [9.17, 15) is 14.4 Å². The van der Waals surface area contributed by atoms with E-state index in [0.29, 0.717) is 4.88 Å². The van der Waals surface area contributed by atoms with Gasteiger partial charge in [0.1, 0.15) is 17.5 Å². The molecule has 1 amide bonds. The van der Waals surface area contributed by atoms with Gasteiger partial charge in [-0.05, 0) is 12.5 Å². The largest absolute Gasteiger partial charge is 0.461 e. The molecular weight excluding hydrogens is 408 g/mol. The monoisotopic (exact) mass is 434 g/mol. The highest BCUT2D eigenvalue weighted by atomic mass is 32.1. The summed E-state index contributed by atoms with van der Waals surface area (Å²) >= 11 is 1.23. The van der Waals surface area contributed by atoms with Crippen molar-refractivity contribution in [2.45, 2.75) is 26.0 Å². The topological polar surface area (TPSA) is 104 Å². The normalized spacial score (nSPS) is 12.8. The van der Waals surface area contributed by atoms with Gasteiger partial charge in [0.25, 0.3) is 5.91 Å². The van der Waals surface area contributed by atoms with Crippen molar-refractivity contribution in [3.8, 4) is 0 Å². The van der Waals surface area contributed by atoms with Crippen molar-refractivity contribution in [1.29, 1.82) is 0 Å². The molecular formula is C21H26N2O6S. The Morgan fingerprint density at radius 3 is 2.40 bits per heavy atom. The van der Waals surface area contributed by atoms with Crippen molar-refractivity contribution in [2.75, 3.05) is 27.4 Å². The molecule has 1 heterocycles. The van der Waals surface area contributed by atoms with Gasteiger partial charge in [-0.3, -0.25) is 14.4 Å². The summed E-state index contributed by atoms with van der Waals surface area (Å²) < 4.78 is 15.5. The van der Waals surface area contributed by atoms with Crippen LogP contribution in [0.4, 0.5) is 0 Å². The minimum Gasteiger partial charge on any atom is -0.461 e. The van der Waals surface area contributed by atoms with Crippen LogP contribution < -0.4 is 5.32 Å². The molecule has 0 unspecified atom stereocenters. The quantitative estimate of drug-likeness (QED) is 0.511. The van der Waals surface area contributed by atoms with Crippen molar-refractivity contribution < 1.29 is 28.6 Å². The molecule has 2 aromatic rings. The van der Waals surface area contributed by atoms with E-state index in [4.69, 9.17) is 14.2 Å². The Kier molecular flexibility index (Phi) is 9.59. The van der Waals surface area contributed by atoms with Gasteiger partial charge < -0.3 is 19.5 Å². The van der Waals surface area contributed by atoms with Gasteiger partial charge in [0.15, 0.2) is 5.78 Å². The van der Waals surface area contributed by atoms with Gasteiger partial charge in [0, 0.05) is 20.6 Å². The van der Waals surface area contributed by atoms with E-state index >= 15 is 0 Å². The number of carbonyl (C=O) groups is 3. The molecule has 30 heavy (non-hydrogen) atoms. The summed E-state index contributed by atoms with van der Waals surface area (Å²) in [5.41, 5.74) is 0.845. The van der Waals surface area contributed by atoms with Crippen LogP contribution in [0.5, 0.6) is 0 Å². The molecule has 0 radical (unpaired) electrons.